The predicted octanol–water partition coefficient (Wildman–Crippen LogP) is 5.67. The maximum atomic E-state index is 11.9. The molecule has 9 heteroatoms. The second-order valence-electron chi connectivity index (χ2n) is 8.97. The molecule has 1 aliphatic heterocycles. The number of rotatable bonds is 10. The number of esters is 1. The van der Waals surface area contributed by atoms with Crippen LogP contribution in [0.25, 0.3) is 26.8 Å². The lowest BCUT2D eigenvalue weighted by Crippen LogP contribution is -2.41. The molecule has 2 aromatic heterocycles. The monoisotopic (exact) mass is 520 g/mol. The van der Waals surface area contributed by atoms with Crippen molar-refractivity contribution in [1.29, 1.82) is 0 Å². The Morgan fingerprint density at radius 3 is 2.57 bits per heavy atom. The van der Waals surface area contributed by atoms with Gasteiger partial charge in [0.05, 0.1) is 30.7 Å². The van der Waals surface area contributed by atoms with Gasteiger partial charge >= 0.3 is 5.97 Å². The minimum atomic E-state index is -0.317. The zero-order valence-corrected chi connectivity index (χ0v) is 22.1. The summed E-state index contributed by atoms with van der Waals surface area (Å²) in [4.78, 5) is 19.8. The number of aromatic nitrogens is 3. The third-order valence-corrected chi connectivity index (χ3v) is 7.40. The van der Waals surface area contributed by atoms with Gasteiger partial charge in [0, 0.05) is 37.1 Å². The van der Waals surface area contributed by atoms with E-state index in [1.54, 1.807) is 37.5 Å². The number of carbonyl (C=O) groups excluding carboxylic acids is 1. The first-order valence-electron chi connectivity index (χ1n) is 12.8. The number of anilines is 1. The van der Waals surface area contributed by atoms with Gasteiger partial charge < -0.3 is 19.1 Å². The van der Waals surface area contributed by atoms with Crippen LogP contribution in [0.2, 0.25) is 0 Å². The highest BCUT2D eigenvalue weighted by molar-refractivity contribution is 7.19. The lowest BCUT2D eigenvalue weighted by Gasteiger charge is -2.37. The molecule has 37 heavy (non-hydrogen) atoms. The standard InChI is InChI=1S/C28H32N4O4S/c1-3-35-27(33)22-10-8-20(9-11-22)24-19-32-28(29-24)37-26(30-32)21-12-14-23(15-13-21)31-16-5-4-7-25(31)36-18-6-17-34-2/h8-15,19,25H,3-7,16-18H2,1-2H3. The number of methoxy groups -OCH3 is 1. The molecule has 1 saturated heterocycles. The Labute approximate surface area is 220 Å². The van der Waals surface area contributed by atoms with Gasteiger partial charge in [0.25, 0.3) is 0 Å². The Kier molecular flexibility index (Phi) is 8.13. The minimum Gasteiger partial charge on any atom is -0.462 e. The molecule has 0 aliphatic carbocycles. The average Bonchev–Trinajstić information content (AvgIpc) is 3.52. The molecule has 1 atom stereocenters. The SMILES string of the molecule is CCOC(=O)c1ccc(-c2cn3nc(-c4ccc(N5CCCCC5OCCCOC)cc4)sc3n2)cc1. The first-order chi connectivity index (χ1) is 18.2. The van der Waals surface area contributed by atoms with Crippen molar-refractivity contribution in [3.8, 4) is 21.8 Å². The molecule has 0 amide bonds. The normalized spacial score (nSPS) is 15.8. The van der Waals surface area contributed by atoms with Crippen LogP contribution in [0.4, 0.5) is 5.69 Å². The van der Waals surface area contributed by atoms with E-state index < -0.39 is 0 Å². The lowest BCUT2D eigenvalue weighted by molar-refractivity contribution is 0.0237. The number of hydrogen-bond acceptors (Lipinski definition) is 8. The maximum absolute atomic E-state index is 11.9. The number of piperidine rings is 1. The molecular weight excluding hydrogens is 488 g/mol. The smallest absolute Gasteiger partial charge is 0.338 e. The van der Waals surface area contributed by atoms with Crippen LogP contribution >= 0.6 is 11.3 Å². The Morgan fingerprint density at radius 1 is 1.05 bits per heavy atom. The molecule has 0 radical (unpaired) electrons. The van der Waals surface area contributed by atoms with Crippen molar-refractivity contribution < 1.29 is 19.0 Å². The van der Waals surface area contributed by atoms with Gasteiger partial charge in [-0.05, 0) is 69.0 Å². The van der Waals surface area contributed by atoms with E-state index in [1.807, 2.05) is 22.8 Å². The highest BCUT2D eigenvalue weighted by atomic mass is 32.1. The minimum absolute atomic E-state index is 0.115. The molecule has 4 aromatic rings. The van der Waals surface area contributed by atoms with E-state index in [1.165, 1.54) is 18.5 Å². The molecule has 1 unspecified atom stereocenters. The van der Waals surface area contributed by atoms with Crippen molar-refractivity contribution in [2.24, 2.45) is 0 Å². The molecule has 8 nitrogen and oxygen atoms in total. The van der Waals surface area contributed by atoms with Crippen LogP contribution < -0.4 is 4.90 Å². The van der Waals surface area contributed by atoms with Crippen molar-refractivity contribution in [2.75, 3.05) is 38.4 Å². The first-order valence-corrected chi connectivity index (χ1v) is 13.6. The van der Waals surface area contributed by atoms with Gasteiger partial charge in [0.1, 0.15) is 11.2 Å². The fourth-order valence-electron chi connectivity index (χ4n) is 4.54. The van der Waals surface area contributed by atoms with Crippen LogP contribution in [-0.4, -0.2) is 60.3 Å². The van der Waals surface area contributed by atoms with Crippen molar-refractivity contribution in [3.63, 3.8) is 0 Å². The number of hydrogen-bond donors (Lipinski definition) is 0. The van der Waals surface area contributed by atoms with E-state index in [-0.39, 0.29) is 12.2 Å². The Hall–Kier alpha value is -3.27. The zero-order chi connectivity index (χ0) is 25.6. The fraction of sp³-hybridized carbons (Fsp3) is 0.393. The van der Waals surface area contributed by atoms with Crippen LogP contribution in [0, 0.1) is 0 Å². The molecule has 0 N–H and O–H groups in total. The van der Waals surface area contributed by atoms with Gasteiger partial charge in [-0.25, -0.2) is 14.3 Å². The maximum Gasteiger partial charge on any atom is 0.338 e. The summed E-state index contributed by atoms with van der Waals surface area (Å²) in [5.74, 6) is -0.317. The third kappa shape index (κ3) is 5.84. The van der Waals surface area contributed by atoms with Gasteiger partial charge in [-0.1, -0.05) is 23.5 Å². The van der Waals surface area contributed by atoms with Crippen molar-refractivity contribution in [3.05, 3.63) is 60.3 Å². The van der Waals surface area contributed by atoms with Gasteiger partial charge in [-0.2, -0.15) is 5.10 Å². The first kappa shape index (κ1) is 25.4. The van der Waals surface area contributed by atoms with E-state index >= 15 is 0 Å². The summed E-state index contributed by atoms with van der Waals surface area (Å²) in [6, 6.07) is 15.9. The second kappa shape index (κ2) is 11.9. The molecule has 0 bridgehead atoms. The second-order valence-corrected chi connectivity index (χ2v) is 9.92. The molecule has 1 aliphatic rings. The summed E-state index contributed by atoms with van der Waals surface area (Å²) >= 11 is 1.55. The quantitative estimate of drug-likeness (QED) is 0.197. The van der Waals surface area contributed by atoms with E-state index in [2.05, 4.69) is 29.2 Å². The Bertz CT molecular complexity index is 1280. The Morgan fingerprint density at radius 2 is 1.84 bits per heavy atom. The van der Waals surface area contributed by atoms with Crippen LogP contribution in [0.5, 0.6) is 0 Å². The zero-order valence-electron chi connectivity index (χ0n) is 21.3. The van der Waals surface area contributed by atoms with E-state index in [0.717, 1.165) is 52.8 Å². The number of fused-ring (bicyclic) bond motifs is 1. The summed E-state index contributed by atoms with van der Waals surface area (Å²) < 4.78 is 18.2. The van der Waals surface area contributed by atoms with E-state index in [4.69, 9.17) is 24.3 Å². The molecule has 5 rings (SSSR count). The van der Waals surface area contributed by atoms with Crippen molar-refractivity contribution in [2.45, 2.75) is 38.8 Å². The van der Waals surface area contributed by atoms with Gasteiger partial charge in [-0.15, -0.1) is 0 Å². The molecule has 3 heterocycles. The number of benzene rings is 2. The number of nitrogens with zero attached hydrogens (tertiary/aromatic N) is 4. The highest BCUT2D eigenvalue weighted by Gasteiger charge is 2.23. The third-order valence-electron chi connectivity index (χ3n) is 6.43. The van der Waals surface area contributed by atoms with Gasteiger partial charge in [-0.3, -0.25) is 0 Å². The largest absolute Gasteiger partial charge is 0.462 e. The van der Waals surface area contributed by atoms with Crippen LogP contribution in [-0.2, 0) is 14.2 Å². The van der Waals surface area contributed by atoms with Gasteiger partial charge in [0.2, 0.25) is 4.96 Å². The summed E-state index contributed by atoms with van der Waals surface area (Å²) in [5.41, 5.74) is 4.52. The summed E-state index contributed by atoms with van der Waals surface area (Å²) in [5, 5.41) is 5.68. The summed E-state index contributed by atoms with van der Waals surface area (Å²) in [6.07, 6.45) is 6.36. The highest BCUT2D eigenvalue weighted by Crippen LogP contribution is 2.31. The molecule has 1 fully saturated rings. The molecule has 194 valence electrons. The van der Waals surface area contributed by atoms with E-state index in [0.29, 0.717) is 18.8 Å². The summed E-state index contributed by atoms with van der Waals surface area (Å²) in [7, 11) is 1.72. The summed E-state index contributed by atoms with van der Waals surface area (Å²) in [6.45, 7) is 4.59. The van der Waals surface area contributed by atoms with Crippen LogP contribution in [0.15, 0.2) is 54.7 Å². The number of carbonyl (C=O) groups is 1. The lowest BCUT2D eigenvalue weighted by atomic mass is 10.1. The van der Waals surface area contributed by atoms with Crippen LogP contribution in [0.3, 0.4) is 0 Å². The molecule has 0 saturated carbocycles. The van der Waals surface area contributed by atoms with Crippen LogP contribution in [0.1, 0.15) is 43.0 Å². The van der Waals surface area contributed by atoms with E-state index in [9.17, 15) is 4.79 Å². The van der Waals surface area contributed by atoms with Crippen molar-refractivity contribution >= 4 is 28.0 Å². The fourth-order valence-corrected chi connectivity index (χ4v) is 5.42. The van der Waals surface area contributed by atoms with Gasteiger partial charge in [0.15, 0.2) is 0 Å². The molecule has 0 spiro atoms. The van der Waals surface area contributed by atoms with Crippen molar-refractivity contribution in [1.82, 2.24) is 14.6 Å². The Balaban J connectivity index is 1.27. The number of imidazole rings is 1. The number of ether oxygens (including phenoxy) is 3. The predicted molar refractivity (Wildman–Crippen MR) is 145 cm³/mol. The molecular formula is C28H32N4O4S. The topological polar surface area (TPSA) is 78.2 Å². The average molecular weight is 521 g/mol. The molecule has 2 aromatic carbocycles.